The van der Waals surface area contributed by atoms with Gasteiger partial charge in [0.2, 0.25) is 5.91 Å². The van der Waals surface area contributed by atoms with Crippen molar-refractivity contribution in [3.05, 3.63) is 35.6 Å². The Morgan fingerprint density at radius 1 is 1.44 bits per heavy atom. The van der Waals surface area contributed by atoms with Crippen molar-refractivity contribution in [3.8, 4) is 0 Å². The fraction of sp³-hybridized carbons (Fsp3) is 0.462. The van der Waals surface area contributed by atoms with Gasteiger partial charge in [-0.3, -0.25) is 4.79 Å². The highest BCUT2D eigenvalue weighted by Crippen LogP contribution is 2.36. The predicted octanol–water partition coefficient (Wildman–Crippen LogP) is 2.49. The van der Waals surface area contributed by atoms with Crippen molar-refractivity contribution in [1.29, 1.82) is 0 Å². The summed E-state index contributed by atoms with van der Waals surface area (Å²) in [6.45, 7) is 2.45. The maximum absolute atomic E-state index is 12.6. The lowest BCUT2D eigenvalue weighted by Gasteiger charge is -2.10. The third-order valence-electron chi connectivity index (χ3n) is 3.12. The second kappa shape index (κ2) is 4.64. The van der Waals surface area contributed by atoms with Crippen LogP contribution < -0.4 is 5.32 Å². The van der Waals surface area contributed by atoms with E-state index in [-0.39, 0.29) is 17.6 Å². The fourth-order valence-corrected chi connectivity index (χ4v) is 1.76. The van der Waals surface area contributed by atoms with Crippen molar-refractivity contribution < 1.29 is 9.18 Å². The number of benzene rings is 1. The fourth-order valence-electron chi connectivity index (χ4n) is 1.76. The molecule has 1 unspecified atom stereocenters. The van der Waals surface area contributed by atoms with E-state index in [4.69, 9.17) is 0 Å². The quantitative estimate of drug-likeness (QED) is 0.831. The first kappa shape index (κ1) is 11.1. The van der Waals surface area contributed by atoms with Crippen LogP contribution in [-0.4, -0.2) is 5.91 Å². The predicted molar refractivity (Wildman–Crippen MR) is 60.1 cm³/mol. The Hall–Kier alpha value is -1.38. The summed E-state index contributed by atoms with van der Waals surface area (Å²) in [7, 11) is 0. The van der Waals surface area contributed by atoms with Gasteiger partial charge in [-0.05, 0) is 36.5 Å². The minimum absolute atomic E-state index is 0.104. The molecule has 3 heteroatoms. The van der Waals surface area contributed by atoms with Gasteiger partial charge in [-0.15, -0.1) is 0 Å². The Morgan fingerprint density at radius 2 is 2.06 bits per heavy atom. The number of carbonyl (C=O) groups excluding carboxylic acids is 1. The Balaban J connectivity index is 1.82. The van der Waals surface area contributed by atoms with Gasteiger partial charge in [0.25, 0.3) is 0 Å². The van der Waals surface area contributed by atoms with Gasteiger partial charge < -0.3 is 5.32 Å². The lowest BCUT2D eigenvalue weighted by atomic mass is 10.1. The first-order valence-corrected chi connectivity index (χ1v) is 5.69. The van der Waals surface area contributed by atoms with Gasteiger partial charge in [-0.2, -0.15) is 0 Å². The van der Waals surface area contributed by atoms with Crippen molar-refractivity contribution in [2.75, 3.05) is 0 Å². The topological polar surface area (TPSA) is 29.1 Å². The molecule has 0 spiro atoms. The average molecular weight is 221 g/mol. The average Bonchev–Trinajstić information content (AvgIpc) is 3.11. The molecule has 1 amide bonds. The van der Waals surface area contributed by atoms with Crippen LogP contribution in [0, 0.1) is 17.7 Å². The number of nitrogens with one attached hydrogen (secondary N) is 1. The van der Waals surface area contributed by atoms with E-state index in [1.807, 2.05) is 6.92 Å². The smallest absolute Gasteiger partial charge is 0.223 e. The van der Waals surface area contributed by atoms with E-state index in [9.17, 15) is 9.18 Å². The highest BCUT2D eigenvalue weighted by Gasteiger charge is 2.32. The van der Waals surface area contributed by atoms with Gasteiger partial charge in [0, 0.05) is 12.5 Å². The normalized spacial score (nSPS) is 16.9. The highest BCUT2D eigenvalue weighted by atomic mass is 19.1. The van der Waals surface area contributed by atoms with E-state index in [2.05, 4.69) is 5.32 Å². The molecule has 16 heavy (non-hydrogen) atoms. The molecular weight excluding hydrogens is 205 g/mol. The molecule has 0 aromatic heterocycles. The zero-order valence-electron chi connectivity index (χ0n) is 9.37. The summed E-state index contributed by atoms with van der Waals surface area (Å²) < 4.78 is 12.6. The molecule has 1 fully saturated rings. The van der Waals surface area contributed by atoms with Crippen LogP contribution >= 0.6 is 0 Å². The minimum Gasteiger partial charge on any atom is -0.352 e. The van der Waals surface area contributed by atoms with E-state index in [1.165, 1.54) is 25.0 Å². The standard InChI is InChI=1S/C13H16FNO/c1-9(11-4-5-11)13(16)15-8-10-2-6-12(14)7-3-10/h2-3,6-7,9,11H,4-5,8H2,1H3,(H,15,16). The van der Waals surface area contributed by atoms with E-state index >= 15 is 0 Å². The number of rotatable bonds is 4. The molecule has 2 rings (SSSR count). The minimum atomic E-state index is -0.249. The van der Waals surface area contributed by atoms with E-state index < -0.39 is 0 Å². The van der Waals surface area contributed by atoms with Crippen LogP contribution in [0.15, 0.2) is 24.3 Å². The summed E-state index contributed by atoms with van der Waals surface area (Å²) in [4.78, 5) is 11.7. The van der Waals surface area contributed by atoms with E-state index in [0.717, 1.165) is 5.56 Å². The van der Waals surface area contributed by atoms with Crippen LogP contribution in [0.1, 0.15) is 25.3 Å². The summed E-state index contributed by atoms with van der Waals surface area (Å²) in [5, 5.41) is 2.88. The molecule has 86 valence electrons. The maximum Gasteiger partial charge on any atom is 0.223 e. The molecule has 0 bridgehead atoms. The van der Waals surface area contributed by atoms with Gasteiger partial charge in [0.05, 0.1) is 0 Å². The summed E-state index contributed by atoms with van der Waals surface area (Å²) in [6.07, 6.45) is 2.34. The summed E-state index contributed by atoms with van der Waals surface area (Å²) in [5.41, 5.74) is 0.928. The van der Waals surface area contributed by atoms with Gasteiger partial charge in [0.1, 0.15) is 5.82 Å². The zero-order chi connectivity index (χ0) is 11.5. The Kier molecular flexibility index (Phi) is 3.22. The lowest BCUT2D eigenvalue weighted by Crippen LogP contribution is -2.29. The zero-order valence-corrected chi connectivity index (χ0v) is 9.37. The SMILES string of the molecule is CC(C(=O)NCc1ccc(F)cc1)C1CC1. The van der Waals surface area contributed by atoms with Gasteiger partial charge in [-0.1, -0.05) is 19.1 Å². The molecule has 1 aromatic carbocycles. The van der Waals surface area contributed by atoms with E-state index in [1.54, 1.807) is 12.1 Å². The Morgan fingerprint density at radius 3 is 2.62 bits per heavy atom. The van der Waals surface area contributed by atoms with Crippen LogP contribution in [0.2, 0.25) is 0 Å². The number of carbonyl (C=O) groups is 1. The van der Waals surface area contributed by atoms with Crippen LogP contribution in [0.5, 0.6) is 0 Å². The summed E-state index contributed by atoms with van der Waals surface area (Å²) in [6, 6.07) is 6.20. The summed E-state index contributed by atoms with van der Waals surface area (Å²) in [5.74, 6) is 0.543. The lowest BCUT2D eigenvalue weighted by molar-refractivity contribution is -0.125. The number of halogens is 1. The second-order valence-electron chi connectivity index (χ2n) is 4.47. The highest BCUT2D eigenvalue weighted by molar-refractivity contribution is 5.78. The summed E-state index contributed by atoms with van der Waals surface area (Å²) >= 11 is 0. The van der Waals surface area contributed by atoms with Crippen molar-refractivity contribution in [2.45, 2.75) is 26.3 Å². The molecular formula is C13H16FNO. The molecule has 1 N–H and O–H groups in total. The molecule has 0 heterocycles. The maximum atomic E-state index is 12.6. The first-order chi connectivity index (χ1) is 7.66. The van der Waals surface area contributed by atoms with Crippen molar-refractivity contribution in [1.82, 2.24) is 5.32 Å². The number of hydrogen-bond donors (Lipinski definition) is 1. The van der Waals surface area contributed by atoms with Crippen LogP contribution in [-0.2, 0) is 11.3 Å². The number of amides is 1. The molecule has 1 aliphatic carbocycles. The molecule has 1 aliphatic rings. The third kappa shape index (κ3) is 2.81. The second-order valence-corrected chi connectivity index (χ2v) is 4.47. The molecule has 2 nitrogen and oxygen atoms in total. The van der Waals surface area contributed by atoms with Crippen LogP contribution in [0.4, 0.5) is 4.39 Å². The molecule has 0 aliphatic heterocycles. The Labute approximate surface area is 94.9 Å². The van der Waals surface area contributed by atoms with Gasteiger partial charge in [-0.25, -0.2) is 4.39 Å². The molecule has 1 saturated carbocycles. The molecule has 1 aromatic rings. The van der Waals surface area contributed by atoms with Gasteiger partial charge in [0.15, 0.2) is 0 Å². The number of hydrogen-bond acceptors (Lipinski definition) is 1. The van der Waals surface area contributed by atoms with Crippen LogP contribution in [0.25, 0.3) is 0 Å². The first-order valence-electron chi connectivity index (χ1n) is 5.69. The molecule has 1 atom stereocenters. The van der Waals surface area contributed by atoms with Gasteiger partial charge >= 0.3 is 0 Å². The third-order valence-corrected chi connectivity index (χ3v) is 3.12. The largest absolute Gasteiger partial charge is 0.352 e. The van der Waals surface area contributed by atoms with E-state index in [0.29, 0.717) is 12.5 Å². The van der Waals surface area contributed by atoms with Crippen molar-refractivity contribution in [2.24, 2.45) is 11.8 Å². The van der Waals surface area contributed by atoms with Crippen molar-refractivity contribution >= 4 is 5.91 Å². The molecule has 0 saturated heterocycles. The Bertz CT molecular complexity index is 370. The monoisotopic (exact) mass is 221 g/mol. The molecule has 0 radical (unpaired) electrons. The van der Waals surface area contributed by atoms with Crippen molar-refractivity contribution in [3.63, 3.8) is 0 Å². The van der Waals surface area contributed by atoms with Crippen LogP contribution in [0.3, 0.4) is 0 Å².